The number of hydrogen-bond acceptors (Lipinski definition) is 4. The van der Waals surface area contributed by atoms with E-state index in [-0.39, 0.29) is 11.9 Å². The standard InChI is InChI=1S/C20H27N3O2/c1-14(2)11-12-25-20-10-9-19(22-23-20)18-7-5-17(6-8-18)13-15(3)21-16(4)24/h5-10,14-15H,11-13H2,1-4H3,(H,21,24). The van der Waals surface area contributed by atoms with Crippen LogP contribution in [0.25, 0.3) is 11.3 Å². The van der Waals surface area contributed by atoms with E-state index in [1.165, 1.54) is 12.5 Å². The Morgan fingerprint density at radius 1 is 1.08 bits per heavy atom. The lowest BCUT2D eigenvalue weighted by molar-refractivity contribution is -0.119. The van der Waals surface area contributed by atoms with Crippen LogP contribution in [0.4, 0.5) is 0 Å². The normalized spacial score (nSPS) is 12.0. The second kappa shape index (κ2) is 9.16. The molecule has 25 heavy (non-hydrogen) atoms. The van der Waals surface area contributed by atoms with Crippen molar-refractivity contribution >= 4 is 5.91 Å². The van der Waals surface area contributed by atoms with E-state index in [2.05, 4.69) is 41.5 Å². The topological polar surface area (TPSA) is 64.1 Å². The van der Waals surface area contributed by atoms with Crippen molar-refractivity contribution < 1.29 is 9.53 Å². The zero-order valence-electron chi connectivity index (χ0n) is 15.5. The van der Waals surface area contributed by atoms with E-state index in [4.69, 9.17) is 4.74 Å². The molecule has 1 aromatic heterocycles. The van der Waals surface area contributed by atoms with Gasteiger partial charge in [-0.2, -0.15) is 0 Å². The van der Waals surface area contributed by atoms with Crippen LogP contribution in [0.2, 0.25) is 0 Å². The van der Waals surface area contributed by atoms with Gasteiger partial charge in [0.15, 0.2) is 0 Å². The zero-order valence-corrected chi connectivity index (χ0v) is 15.5. The van der Waals surface area contributed by atoms with Gasteiger partial charge in [-0.1, -0.05) is 38.1 Å². The number of nitrogens with one attached hydrogen (secondary N) is 1. The van der Waals surface area contributed by atoms with Crippen molar-refractivity contribution in [2.45, 2.75) is 46.6 Å². The number of hydrogen-bond donors (Lipinski definition) is 1. The van der Waals surface area contributed by atoms with Gasteiger partial charge in [0, 0.05) is 24.6 Å². The van der Waals surface area contributed by atoms with Crippen molar-refractivity contribution in [1.82, 2.24) is 15.5 Å². The molecule has 1 amide bonds. The molecule has 0 fully saturated rings. The van der Waals surface area contributed by atoms with Crippen molar-refractivity contribution in [2.75, 3.05) is 6.61 Å². The van der Waals surface area contributed by atoms with Crippen LogP contribution in [0.3, 0.4) is 0 Å². The molecule has 5 nitrogen and oxygen atoms in total. The van der Waals surface area contributed by atoms with Gasteiger partial charge in [-0.15, -0.1) is 10.2 Å². The quantitative estimate of drug-likeness (QED) is 0.796. The van der Waals surface area contributed by atoms with Crippen molar-refractivity contribution in [3.63, 3.8) is 0 Å². The summed E-state index contributed by atoms with van der Waals surface area (Å²) >= 11 is 0. The molecule has 0 aliphatic rings. The molecule has 2 rings (SSSR count). The summed E-state index contributed by atoms with van der Waals surface area (Å²) in [6, 6.07) is 12.1. The average molecular weight is 341 g/mol. The van der Waals surface area contributed by atoms with Crippen LogP contribution in [-0.2, 0) is 11.2 Å². The lowest BCUT2D eigenvalue weighted by atomic mass is 10.0. The third kappa shape index (κ3) is 6.53. The Morgan fingerprint density at radius 3 is 2.36 bits per heavy atom. The molecule has 1 aromatic carbocycles. The summed E-state index contributed by atoms with van der Waals surface area (Å²) in [5.74, 6) is 1.17. The second-order valence-corrected chi connectivity index (χ2v) is 6.79. The fraction of sp³-hybridized carbons (Fsp3) is 0.450. The van der Waals surface area contributed by atoms with Gasteiger partial charge in [0.2, 0.25) is 11.8 Å². The largest absolute Gasteiger partial charge is 0.477 e. The van der Waals surface area contributed by atoms with E-state index in [0.29, 0.717) is 18.4 Å². The van der Waals surface area contributed by atoms with Gasteiger partial charge >= 0.3 is 0 Å². The highest BCUT2D eigenvalue weighted by molar-refractivity contribution is 5.73. The van der Waals surface area contributed by atoms with Crippen LogP contribution < -0.4 is 10.1 Å². The van der Waals surface area contributed by atoms with E-state index in [0.717, 1.165) is 24.1 Å². The Hall–Kier alpha value is -2.43. The molecule has 0 radical (unpaired) electrons. The van der Waals surface area contributed by atoms with Crippen LogP contribution in [0.5, 0.6) is 5.88 Å². The fourth-order valence-corrected chi connectivity index (χ4v) is 2.51. The molecule has 0 aliphatic carbocycles. The molecule has 1 atom stereocenters. The molecule has 2 aromatic rings. The lowest BCUT2D eigenvalue weighted by Crippen LogP contribution is -2.31. The number of benzene rings is 1. The van der Waals surface area contributed by atoms with Crippen molar-refractivity contribution in [2.24, 2.45) is 5.92 Å². The van der Waals surface area contributed by atoms with Gasteiger partial charge in [-0.05, 0) is 37.3 Å². The maximum absolute atomic E-state index is 11.1. The number of rotatable bonds is 8. The summed E-state index contributed by atoms with van der Waals surface area (Å²) in [6.45, 7) is 8.53. The summed E-state index contributed by atoms with van der Waals surface area (Å²) in [4.78, 5) is 11.1. The molecule has 0 saturated carbocycles. The summed E-state index contributed by atoms with van der Waals surface area (Å²) in [7, 11) is 0. The van der Waals surface area contributed by atoms with Crippen molar-refractivity contribution in [1.29, 1.82) is 0 Å². The summed E-state index contributed by atoms with van der Waals surface area (Å²) < 4.78 is 5.59. The predicted octanol–water partition coefficient (Wildman–Crippen LogP) is 3.64. The molecule has 0 bridgehead atoms. The number of carbonyl (C=O) groups excluding carboxylic acids is 1. The Balaban J connectivity index is 1.94. The number of nitrogens with zero attached hydrogens (tertiary/aromatic N) is 2. The van der Waals surface area contributed by atoms with E-state index < -0.39 is 0 Å². The molecular weight excluding hydrogens is 314 g/mol. The smallest absolute Gasteiger partial charge is 0.233 e. The van der Waals surface area contributed by atoms with Gasteiger partial charge in [-0.3, -0.25) is 4.79 Å². The first kappa shape index (κ1) is 18.9. The number of carbonyl (C=O) groups is 1. The van der Waals surface area contributed by atoms with Gasteiger partial charge in [0.1, 0.15) is 0 Å². The maximum atomic E-state index is 11.1. The monoisotopic (exact) mass is 341 g/mol. The third-order valence-corrected chi connectivity index (χ3v) is 3.83. The summed E-state index contributed by atoms with van der Waals surface area (Å²) in [5, 5.41) is 11.3. The first-order valence-corrected chi connectivity index (χ1v) is 8.77. The molecule has 1 heterocycles. The van der Waals surface area contributed by atoms with Crippen LogP contribution in [0.1, 0.15) is 39.7 Å². The third-order valence-electron chi connectivity index (χ3n) is 3.83. The summed E-state index contributed by atoms with van der Waals surface area (Å²) in [6.07, 6.45) is 1.80. The van der Waals surface area contributed by atoms with Gasteiger partial charge in [0.25, 0.3) is 0 Å². The van der Waals surface area contributed by atoms with Gasteiger partial charge < -0.3 is 10.1 Å². The number of amides is 1. The lowest BCUT2D eigenvalue weighted by Gasteiger charge is -2.12. The first-order valence-electron chi connectivity index (χ1n) is 8.77. The minimum absolute atomic E-state index is 0.00454. The van der Waals surface area contributed by atoms with Crippen molar-refractivity contribution in [3.05, 3.63) is 42.0 Å². The van der Waals surface area contributed by atoms with Crippen molar-refractivity contribution in [3.8, 4) is 17.1 Å². The second-order valence-electron chi connectivity index (χ2n) is 6.79. The zero-order chi connectivity index (χ0) is 18.2. The van der Waals surface area contributed by atoms with Crippen LogP contribution in [0.15, 0.2) is 36.4 Å². The number of aromatic nitrogens is 2. The Morgan fingerprint density at radius 2 is 1.80 bits per heavy atom. The van der Waals surface area contributed by atoms with E-state index in [9.17, 15) is 4.79 Å². The Labute approximate surface area is 149 Å². The fourth-order valence-electron chi connectivity index (χ4n) is 2.51. The highest BCUT2D eigenvalue weighted by atomic mass is 16.5. The molecule has 1 N–H and O–H groups in total. The first-order chi connectivity index (χ1) is 11.9. The summed E-state index contributed by atoms with van der Waals surface area (Å²) in [5.41, 5.74) is 3.00. The molecule has 0 saturated heterocycles. The van der Waals surface area contributed by atoms with E-state index in [1.54, 1.807) is 0 Å². The highest BCUT2D eigenvalue weighted by Gasteiger charge is 2.06. The van der Waals surface area contributed by atoms with Crippen LogP contribution in [0, 0.1) is 5.92 Å². The van der Waals surface area contributed by atoms with E-state index >= 15 is 0 Å². The molecule has 1 unspecified atom stereocenters. The SMILES string of the molecule is CC(=O)NC(C)Cc1ccc(-c2ccc(OCCC(C)C)nn2)cc1. The predicted molar refractivity (Wildman–Crippen MR) is 99.4 cm³/mol. The highest BCUT2D eigenvalue weighted by Crippen LogP contribution is 2.19. The minimum Gasteiger partial charge on any atom is -0.477 e. The molecule has 134 valence electrons. The number of ether oxygens (including phenoxy) is 1. The maximum Gasteiger partial charge on any atom is 0.233 e. The molecular formula is C20H27N3O2. The molecule has 0 aliphatic heterocycles. The van der Waals surface area contributed by atoms with E-state index in [1.807, 2.05) is 31.2 Å². The van der Waals surface area contributed by atoms with Crippen LogP contribution in [-0.4, -0.2) is 28.8 Å². The van der Waals surface area contributed by atoms with Gasteiger partial charge in [-0.25, -0.2) is 0 Å². The van der Waals surface area contributed by atoms with Crippen LogP contribution >= 0.6 is 0 Å². The molecule has 0 spiro atoms. The molecule has 5 heteroatoms. The van der Waals surface area contributed by atoms with Gasteiger partial charge in [0.05, 0.1) is 12.3 Å². The minimum atomic E-state index is -0.00454. The average Bonchev–Trinajstić information content (AvgIpc) is 2.55. The Bertz CT molecular complexity index is 666. The Kier molecular flexibility index (Phi) is 6.92.